The molecule has 0 saturated carbocycles. The summed E-state index contributed by atoms with van der Waals surface area (Å²) in [6.07, 6.45) is 1.80. The predicted molar refractivity (Wildman–Crippen MR) is 84.8 cm³/mol. The molecule has 0 fully saturated rings. The number of nitrogens with zero attached hydrogens (tertiary/aromatic N) is 1. The van der Waals surface area contributed by atoms with Crippen molar-refractivity contribution < 1.29 is 4.74 Å². The molecule has 106 valence electrons. The van der Waals surface area contributed by atoms with Crippen LogP contribution < -0.4 is 10.1 Å². The SMILES string of the molecule is CCNCc1cccc(Br)c1OCc1ncccc1C. The highest BCUT2D eigenvalue weighted by molar-refractivity contribution is 9.10. The smallest absolute Gasteiger partial charge is 0.138 e. The van der Waals surface area contributed by atoms with Crippen LogP contribution in [-0.4, -0.2) is 11.5 Å². The minimum absolute atomic E-state index is 0.481. The maximum atomic E-state index is 5.98. The van der Waals surface area contributed by atoms with Crippen molar-refractivity contribution in [2.45, 2.75) is 27.0 Å². The van der Waals surface area contributed by atoms with E-state index in [1.807, 2.05) is 31.2 Å². The van der Waals surface area contributed by atoms with Crippen molar-refractivity contribution in [1.29, 1.82) is 0 Å². The molecule has 20 heavy (non-hydrogen) atoms. The number of nitrogens with one attached hydrogen (secondary N) is 1. The second-order valence-corrected chi connectivity index (χ2v) is 5.42. The fourth-order valence-electron chi connectivity index (χ4n) is 1.92. The van der Waals surface area contributed by atoms with Crippen LogP contribution in [0.5, 0.6) is 5.75 Å². The molecular formula is C16H19BrN2O. The zero-order valence-electron chi connectivity index (χ0n) is 11.8. The number of aromatic nitrogens is 1. The van der Waals surface area contributed by atoms with Gasteiger partial charge in [0.15, 0.2) is 0 Å². The van der Waals surface area contributed by atoms with Crippen LogP contribution in [0.4, 0.5) is 0 Å². The van der Waals surface area contributed by atoms with Crippen LogP contribution in [0.15, 0.2) is 41.0 Å². The second-order valence-electron chi connectivity index (χ2n) is 4.56. The Morgan fingerprint density at radius 2 is 2.10 bits per heavy atom. The summed E-state index contributed by atoms with van der Waals surface area (Å²) in [7, 11) is 0. The fraction of sp³-hybridized carbons (Fsp3) is 0.312. The van der Waals surface area contributed by atoms with Gasteiger partial charge in [0.05, 0.1) is 10.2 Å². The van der Waals surface area contributed by atoms with Crippen LogP contribution in [0.1, 0.15) is 23.7 Å². The maximum Gasteiger partial charge on any atom is 0.138 e. The largest absolute Gasteiger partial charge is 0.486 e. The van der Waals surface area contributed by atoms with Crippen LogP contribution in [0.2, 0.25) is 0 Å². The van der Waals surface area contributed by atoms with Gasteiger partial charge in [-0.25, -0.2) is 0 Å². The molecule has 0 aliphatic heterocycles. The Labute approximate surface area is 128 Å². The molecule has 2 rings (SSSR count). The summed E-state index contributed by atoms with van der Waals surface area (Å²) >= 11 is 3.56. The standard InChI is InChI=1S/C16H19BrN2O/c1-3-18-10-13-7-4-8-14(17)16(13)20-11-15-12(2)6-5-9-19-15/h4-9,18H,3,10-11H2,1-2H3. The molecule has 0 spiro atoms. The van der Waals surface area contributed by atoms with Crippen molar-refractivity contribution in [3.8, 4) is 5.75 Å². The summed E-state index contributed by atoms with van der Waals surface area (Å²) in [5, 5.41) is 3.33. The molecule has 0 radical (unpaired) electrons. The third-order valence-corrected chi connectivity index (χ3v) is 3.71. The lowest BCUT2D eigenvalue weighted by Crippen LogP contribution is -2.13. The lowest BCUT2D eigenvalue weighted by molar-refractivity contribution is 0.294. The lowest BCUT2D eigenvalue weighted by atomic mass is 10.2. The minimum atomic E-state index is 0.481. The van der Waals surface area contributed by atoms with Crippen molar-refractivity contribution in [1.82, 2.24) is 10.3 Å². The van der Waals surface area contributed by atoms with E-state index >= 15 is 0 Å². The third-order valence-electron chi connectivity index (χ3n) is 3.09. The van der Waals surface area contributed by atoms with E-state index in [2.05, 4.69) is 39.2 Å². The topological polar surface area (TPSA) is 34.1 Å². The Bertz CT molecular complexity index is 572. The molecule has 0 saturated heterocycles. The lowest BCUT2D eigenvalue weighted by Gasteiger charge is -2.14. The van der Waals surface area contributed by atoms with E-state index in [1.54, 1.807) is 6.20 Å². The monoisotopic (exact) mass is 334 g/mol. The highest BCUT2D eigenvalue weighted by atomic mass is 79.9. The van der Waals surface area contributed by atoms with E-state index in [4.69, 9.17) is 4.74 Å². The molecule has 0 amide bonds. The minimum Gasteiger partial charge on any atom is -0.486 e. The van der Waals surface area contributed by atoms with Gasteiger partial charge in [-0.05, 0) is 47.1 Å². The van der Waals surface area contributed by atoms with Crippen LogP contribution >= 0.6 is 15.9 Å². The van der Waals surface area contributed by atoms with Crippen LogP contribution in [0.3, 0.4) is 0 Å². The number of benzene rings is 1. The summed E-state index contributed by atoms with van der Waals surface area (Å²) in [4.78, 5) is 4.36. The highest BCUT2D eigenvalue weighted by Gasteiger charge is 2.09. The summed E-state index contributed by atoms with van der Waals surface area (Å²) < 4.78 is 6.96. The van der Waals surface area contributed by atoms with E-state index in [-0.39, 0.29) is 0 Å². The number of rotatable bonds is 6. The predicted octanol–water partition coefficient (Wildman–Crippen LogP) is 3.84. The van der Waals surface area contributed by atoms with Crippen molar-refractivity contribution in [3.05, 3.63) is 57.8 Å². The number of ether oxygens (including phenoxy) is 1. The molecule has 0 unspecified atom stereocenters. The van der Waals surface area contributed by atoms with E-state index in [1.165, 1.54) is 0 Å². The zero-order valence-corrected chi connectivity index (χ0v) is 13.4. The second kappa shape index (κ2) is 7.41. The summed E-state index contributed by atoms with van der Waals surface area (Å²) in [5.74, 6) is 0.888. The number of para-hydroxylation sites is 1. The highest BCUT2D eigenvalue weighted by Crippen LogP contribution is 2.29. The third kappa shape index (κ3) is 3.81. The Morgan fingerprint density at radius 1 is 1.25 bits per heavy atom. The molecule has 1 heterocycles. The quantitative estimate of drug-likeness (QED) is 0.871. The fourth-order valence-corrected chi connectivity index (χ4v) is 2.45. The van der Waals surface area contributed by atoms with Gasteiger partial charge in [0.25, 0.3) is 0 Å². The number of aryl methyl sites for hydroxylation is 1. The van der Waals surface area contributed by atoms with Gasteiger partial charge >= 0.3 is 0 Å². The number of pyridine rings is 1. The molecule has 0 aliphatic rings. The van der Waals surface area contributed by atoms with Crippen molar-refractivity contribution in [2.24, 2.45) is 0 Å². The molecule has 0 aliphatic carbocycles. The van der Waals surface area contributed by atoms with Gasteiger partial charge in [-0.2, -0.15) is 0 Å². The summed E-state index contributed by atoms with van der Waals surface area (Å²) in [6.45, 7) is 6.35. The number of hydrogen-bond acceptors (Lipinski definition) is 3. The average Bonchev–Trinajstić information content (AvgIpc) is 2.45. The van der Waals surface area contributed by atoms with Gasteiger partial charge in [0.1, 0.15) is 12.4 Å². The maximum absolute atomic E-state index is 5.98. The Morgan fingerprint density at radius 3 is 2.85 bits per heavy atom. The first kappa shape index (κ1) is 15.0. The van der Waals surface area contributed by atoms with E-state index in [0.717, 1.165) is 40.1 Å². The zero-order chi connectivity index (χ0) is 14.4. The molecule has 1 aromatic carbocycles. The Balaban J connectivity index is 2.14. The number of hydrogen-bond donors (Lipinski definition) is 1. The van der Waals surface area contributed by atoms with Gasteiger partial charge in [0.2, 0.25) is 0 Å². The molecule has 3 nitrogen and oxygen atoms in total. The van der Waals surface area contributed by atoms with Crippen LogP contribution in [0.25, 0.3) is 0 Å². The first-order chi connectivity index (χ1) is 9.72. The molecule has 4 heteroatoms. The van der Waals surface area contributed by atoms with Gasteiger partial charge in [-0.1, -0.05) is 25.1 Å². The van der Waals surface area contributed by atoms with Gasteiger partial charge in [-0.3, -0.25) is 4.98 Å². The van der Waals surface area contributed by atoms with Crippen LogP contribution in [-0.2, 0) is 13.2 Å². The van der Waals surface area contributed by atoms with Gasteiger partial charge in [0, 0.05) is 18.3 Å². The van der Waals surface area contributed by atoms with E-state index in [0.29, 0.717) is 6.61 Å². The first-order valence-corrected chi connectivity index (χ1v) is 7.53. The van der Waals surface area contributed by atoms with Crippen molar-refractivity contribution in [3.63, 3.8) is 0 Å². The molecule has 0 bridgehead atoms. The normalized spacial score (nSPS) is 10.6. The molecule has 0 atom stereocenters. The van der Waals surface area contributed by atoms with E-state index in [9.17, 15) is 0 Å². The van der Waals surface area contributed by atoms with Gasteiger partial charge in [-0.15, -0.1) is 0 Å². The molecule has 1 N–H and O–H groups in total. The van der Waals surface area contributed by atoms with E-state index < -0.39 is 0 Å². The van der Waals surface area contributed by atoms with Crippen molar-refractivity contribution >= 4 is 15.9 Å². The Hall–Kier alpha value is -1.39. The summed E-state index contributed by atoms with van der Waals surface area (Å²) in [5.41, 5.74) is 3.26. The Kier molecular flexibility index (Phi) is 5.56. The van der Waals surface area contributed by atoms with Crippen LogP contribution in [0, 0.1) is 6.92 Å². The van der Waals surface area contributed by atoms with Gasteiger partial charge < -0.3 is 10.1 Å². The van der Waals surface area contributed by atoms with Crippen molar-refractivity contribution in [2.75, 3.05) is 6.54 Å². The number of halogens is 1. The first-order valence-electron chi connectivity index (χ1n) is 6.73. The molecular weight excluding hydrogens is 316 g/mol. The molecule has 1 aromatic heterocycles. The summed E-state index contributed by atoms with van der Waals surface area (Å²) in [6, 6.07) is 10.1. The average molecular weight is 335 g/mol. The molecule has 2 aromatic rings.